The van der Waals surface area contributed by atoms with Gasteiger partial charge in [0.25, 0.3) is 5.56 Å². The number of rotatable bonds is 4. The summed E-state index contributed by atoms with van der Waals surface area (Å²) in [7, 11) is 1.37. The number of nitrogens with two attached hydrogens (primary N) is 1. The van der Waals surface area contributed by atoms with Crippen molar-refractivity contribution in [1.82, 2.24) is 19.9 Å². The van der Waals surface area contributed by atoms with E-state index in [1.807, 2.05) is 4.57 Å². The molecular formula is C21H30N6O3. The fourth-order valence-electron chi connectivity index (χ4n) is 4.70. The zero-order valence-electron chi connectivity index (χ0n) is 17.4. The monoisotopic (exact) mass is 414 g/mol. The number of aromatic nitrogens is 3. The Labute approximate surface area is 175 Å². The summed E-state index contributed by atoms with van der Waals surface area (Å²) in [4.78, 5) is 33.3. The number of carbonyl (C=O) groups is 1. The molecule has 162 valence electrons. The van der Waals surface area contributed by atoms with E-state index >= 15 is 0 Å². The van der Waals surface area contributed by atoms with E-state index < -0.39 is 0 Å². The molecular weight excluding hydrogens is 384 g/mol. The summed E-state index contributed by atoms with van der Waals surface area (Å²) in [5.41, 5.74) is 7.04. The first-order chi connectivity index (χ1) is 14.5. The molecule has 9 nitrogen and oxygen atoms in total. The van der Waals surface area contributed by atoms with Crippen molar-refractivity contribution in [1.29, 1.82) is 0 Å². The molecule has 4 rings (SSSR count). The van der Waals surface area contributed by atoms with Crippen LogP contribution in [-0.4, -0.2) is 39.8 Å². The average molecular weight is 415 g/mol. The van der Waals surface area contributed by atoms with Gasteiger partial charge in [0.15, 0.2) is 5.65 Å². The molecule has 2 aromatic rings. The second-order valence-corrected chi connectivity index (χ2v) is 8.36. The molecule has 9 heteroatoms. The number of nitrogens with zero attached hydrogens (tertiary/aromatic N) is 3. The zero-order chi connectivity index (χ0) is 21.1. The highest BCUT2D eigenvalue weighted by Crippen LogP contribution is 2.30. The van der Waals surface area contributed by atoms with Crippen LogP contribution in [0.4, 0.5) is 16.4 Å². The van der Waals surface area contributed by atoms with Crippen LogP contribution in [0.25, 0.3) is 11.0 Å². The van der Waals surface area contributed by atoms with Crippen LogP contribution >= 0.6 is 0 Å². The third-order valence-electron chi connectivity index (χ3n) is 6.33. The molecule has 0 aliphatic heterocycles. The molecule has 0 saturated heterocycles. The Hall–Kier alpha value is -2.84. The summed E-state index contributed by atoms with van der Waals surface area (Å²) in [5, 5.41) is 6.99. The van der Waals surface area contributed by atoms with Crippen molar-refractivity contribution in [2.75, 3.05) is 18.2 Å². The molecule has 2 heterocycles. The zero-order valence-corrected chi connectivity index (χ0v) is 17.4. The van der Waals surface area contributed by atoms with Crippen molar-refractivity contribution in [3.8, 4) is 0 Å². The predicted octanol–water partition coefficient (Wildman–Crippen LogP) is 2.96. The number of amides is 1. The SMILES string of the molecule is COC(=O)NC1CCC(Nc2ncc3c(N)cc(=O)n(C4CCCCC4)c3n2)CC1. The van der Waals surface area contributed by atoms with Crippen molar-refractivity contribution < 1.29 is 9.53 Å². The van der Waals surface area contributed by atoms with Gasteiger partial charge < -0.3 is 21.1 Å². The normalized spacial score (nSPS) is 22.6. The van der Waals surface area contributed by atoms with Gasteiger partial charge in [0.2, 0.25) is 5.95 Å². The molecule has 0 spiro atoms. The molecule has 1 amide bonds. The van der Waals surface area contributed by atoms with Gasteiger partial charge in [-0.25, -0.2) is 9.78 Å². The number of ether oxygens (including phenoxy) is 1. The third kappa shape index (κ3) is 4.34. The number of nitrogen functional groups attached to an aromatic ring is 1. The number of alkyl carbamates (subject to hydrolysis) is 1. The molecule has 4 N–H and O–H groups in total. The number of fused-ring (bicyclic) bond motifs is 1. The van der Waals surface area contributed by atoms with Crippen LogP contribution in [0.5, 0.6) is 0 Å². The van der Waals surface area contributed by atoms with Crippen LogP contribution in [0.15, 0.2) is 17.1 Å². The maximum atomic E-state index is 12.8. The van der Waals surface area contributed by atoms with Gasteiger partial charge in [-0.15, -0.1) is 0 Å². The van der Waals surface area contributed by atoms with Crippen molar-refractivity contribution in [2.45, 2.75) is 75.9 Å². The highest BCUT2D eigenvalue weighted by Gasteiger charge is 2.24. The first-order valence-corrected chi connectivity index (χ1v) is 10.8. The van der Waals surface area contributed by atoms with Crippen molar-refractivity contribution >= 4 is 28.8 Å². The molecule has 0 atom stereocenters. The minimum absolute atomic E-state index is 0.0917. The average Bonchev–Trinajstić information content (AvgIpc) is 2.75. The topological polar surface area (TPSA) is 124 Å². The Morgan fingerprint density at radius 3 is 2.53 bits per heavy atom. The lowest BCUT2D eigenvalue weighted by atomic mass is 9.91. The van der Waals surface area contributed by atoms with Gasteiger partial charge in [-0.1, -0.05) is 19.3 Å². The van der Waals surface area contributed by atoms with Gasteiger partial charge in [0.1, 0.15) is 0 Å². The molecule has 0 bridgehead atoms. The van der Waals surface area contributed by atoms with E-state index in [0.29, 0.717) is 17.3 Å². The standard InChI is InChI=1S/C21H30N6O3/c1-30-21(29)25-14-9-7-13(8-10-14)24-20-23-12-16-17(22)11-18(28)27(19(16)26-20)15-5-3-2-4-6-15/h11-15H,2-10,22H2,1H3,(H,25,29)(H,23,24,26). The van der Waals surface area contributed by atoms with E-state index in [4.69, 9.17) is 10.7 Å². The summed E-state index contributed by atoms with van der Waals surface area (Å²) >= 11 is 0. The number of methoxy groups -OCH3 is 1. The molecule has 2 aliphatic rings. The molecule has 0 radical (unpaired) electrons. The third-order valence-corrected chi connectivity index (χ3v) is 6.33. The molecule has 30 heavy (non-hydrogen) atoms. The van der Waals surface area contributed by atoms with Crippen LogP contribution < -0.4 is 21.9 Å². The van der Waals surface area contributed by atoms with Crippen LogP contribution in [0.3, 0.4) is 0 Å². The van der Waals surface area contributed by atoms with E-state index in [-0.39, 0.29) is 29.8 Å². The van der Waals surface area contributed by atoms with Crippen molar-refractivity contribution in [2.24, 2.45) is 0 Å². The number of nitrogens with one attached hydrogen (secondary N) is 2. The van der Waals surface area contributed by atoms with Gasteiger partial charge in [-0.2, -0.15) is 4.98 Å². The van der Waals surface area contributed by atoms with Crippen LogP contribution in [0.2, 0.25) is 0 Å². The number of anilines is 2. The first kappa shape index (κ1) is 20.4. The minimum atomic E-state index is -0.387. The lowest BCUT2D eigenvalue weighted by Gasteiger charge is -2.29. The Morgan fingerprint density at radius 1 is 1.13 bits per heavy atom. The summed E-state index contributed by atoms with van der Waals surface area (Å²) in [5.74, 6) is 0.515. The smallest absolute Gasteiger partial charge is 0.407 e. The number of carbonyl (C=O) groups excluding carboxylic acids is 1. The van der Waals surface area contributed by atoms with E-state index in [1.54, 1.807) is 6.20 Å². The Balaban J connectivity index is 1.53. The fraction of sp³-hybridized carbons (Fsp3) is 0.619. The largest absolute Gasteiger partial charge is 0.453 e. The Morgan fingerprint density at radius 2 is 1.83 bits per heavy atom. The molecule has 2 aromatic heterocycles. The Kier molecular flexibility index (Phi) is 6.06. The summed E-state index contributed by atoms with van der Waals surface area (Å²) in [6.07, 6.45) is 10.3. The van der Waals surface area contributed by atoms with Crippen LogP contribution in [0.1, 0.15) is 63.8 Å². The van der Waals surface area contributed by atoms with E-state index in [9.17, 15) is 9.59 Å². The predicted molar refractivity (Wildman–Crippen MR) is 116 cm³/mol. The molecule has 2 aliphatic carbocycles. The van der Waals surface area contributed by atoms with Gasteiger partial charge in [0, 0.05) is 36.1 Å². The lowest BCUT2D eigenvalue weighted by Crippen LogP contribution is -2.40. The number of hydrogen-bond acceptors (Lipinski definition) is 7. The van der Waals surface area contributed by atoms with Crippen molar-refractivity contribution in [3.63, 3.8) is 0 Å². The minimum Gasteiger partial charge on any atom is -0.453 e. The molecule has 2 fully saturated rings. The van der Waals surface area contributed by atoms with Crippen LogP contribution in [-0.2, 0) is 4.74 Å². The Bertz CT molecular complexity index is 961. The number of pyridine rings is 1. The maximum absolute atomic E-state index is 12.8. The maximum Gasteiger partial charge on any atom is 0.407 e. The second kappa shape index (κ2) is 8.89. The van der Waals surface area contributed by atoms with E-state index in [2.05, 4.69) is 20.4 Å². The highest BCUT2D eigenvalue weighted by molar-refractivity contribution is 5.87. The van der Waals surface area contributed by atoms with Crippen LogP contribution in [0, 0.1) is 0 Å². The molecule has 0 unspecified atom stereocenters. The van der Waals surface area contributed by atoms with E-state index in [1.165, 1.54) is 19.6 Å². The van der Waals surface area contributed by atoms with Gasteiger partial charge in [-0.3, -0.25) is 9.36 Å². The van der Waals surface area contributed by atoms with Gasteiger partial charge in [0.05, 0.1) is 12.5 Å². The summed E-state index contributed by atoms with van der Waals surface area (Å²) in [6.45, 7) is 0. The number of hydrogen-bond donors (Lipinski definition) is 3. The first-order valence-electron chi connectivity index (χ1n) is 10.8. The second-order valence-electron chi connectivity index (χ2n) is 8.36. The summed E-state index contributed by atoms with van der Waals surface area (Å²) < 4.78 is 6.49. The molecule has 0 aromatic carbocycles. The molecule has 2 saturated carbocycles. The van der Waals surface area contributed by atoms with Gasteiger partial charge in [-0.05, 0) is 38.5 Å². The quantitative estimate of drug-likeness (QED) is 0.702. The van der Waals surface area contributed by atoms with Gasteiger partial charge >= 0.3 is 6.09 Å². The van der Waals surface area contributed by atoms with Crippen molar-refractivity contribution in [3.05, 3.63) is 22.6 Å². The highest BCUT2D eigenvalue weighted by atomic mass is 16.5. The summed E-state index contributed by atoms with van der Waals surface area (Å²) in [6, 6.07) is 2.00. The lowest BCUT2D eigenvalue weighted by molar-refractivity contribution is 0.162. The van der Waals surface area contributed by atoms with E-state index in [0.717, 1.165) is 56.8 Å². The fourth-order valence-corrected chi connectivity index (χ4v) is 4.70.